The summed E-state index contributed by atoms with van der Waals surface area (Å²) in [7, 11) is 0. The Morgan fingerprint density at radius 2 is 2.18 bits per heavy atom. The van der Waals surface area contributed by atoms with Crippen molar-refractivity contribution in [3.05, 3.63) is 36.0 Å². The third-order valence-corrected chi connectivity index (χ3v) is 2.17. The molecule has 0 atom stereocenters. The molecular formula is C10H10F2N4O. The molecule has 90 valence electrons. The molecule has 1 heterocycles. The average Bonchev–Trinajstić information content (AvgIpc) is 2.81. The van der Waals surface area contributed by atoms with E-state index >= 15 is 0 Å². The van der Waals surface area contributed by atoms with Crippen molar-refractivity contribution in [1.29, 1.82) is 0 Å². The van der Waals surface area contributed by atoms with Crippen molar-refractivity contribution in [2.24, 2.45) is 0 Å². The number of rotatable bonds is 4. The van der Waals surface area contributed by atoms with Crippen LogP contribution in [0.2, 0.25) is 0 Å². The lowest BCUT2D eigenvalue weighted by Crippen LogP contribution is -2.09. The topological polar surface area (TPSA) is 77.0 Å². The van der Waals surface area contributed by atoms with Gasteiger partial charge in [0.25, 0.3) is 0 Å². The van der Waals surface area contributed by atoms with E-state index in [-0.39, 0.29) is 11.4 Å². The largest absolute Gasteiger partial charge is 0.397 e. The summed E-state index contributed by atoms with van der Waals surface area (Å²) in [6.07, 6.45) is 1.67. The summed E-state index contributed by atoms with van der Waals surface area (Å²) < 4.78 is 31.1. The minimum atomic E-state index is -0.990. The molecule has 5 nitrogen and oxygen atoms in total. The highest BCUT2D eigenvalue weighted by molar-refractivity contribution is 5.66. The van der Waals surface area contributed by atoms with Gasteiger partial charge in [-0.2, -0.15) is 4.98 Å². The van der Waals surface area contributed by atoms with Crippen LogP contribution >= 0.6 is 0 Å². The maximum atomic E-state index is 13.4. The van der Waals surface area contributed by atoms with Crippen LogP contribution in [-0.4, -0.2) is 16.7 Å². The van der Waals surface area contributed by atoms with E-state index in [4.69, 9.17) is 10.3 Å². The van der Waals surface area contributed by atoms with Crippen molar-refractivity contribution in [1.82, 2.24) is 10.1 Å². The van der Waals surface area contributed by atoms with Gasteiger partial charge in [0.1, 0.15) is 0 Å². The molecule has 17 heavy (non-hydrogen) atoms. The first-order chi connectivity index (χ1) is 8.18. The summed E-state index contributed by atoms with van der Waals surface area (Å²) in [4.78, 5) is 3.79. The zero-order valence-corrected chi connectivity index (χ0v) is 8.78. The molecule has 1 aromatic heterocycles. The van der Waals surface area contributed by atoms with E-state index in [9.17, 15) is 8.78 Å². The third-order valence-electron chi connectivity index (χ3n) is 2.17. The molecule has 0 fully saturated rings. The lowest BCUT2D eigenvalue weighted by molar-refractivity contribution is 0.379. The van der Waals surface area contributed by atoms with E-state index in [1.165, 1.54) is 12.4 Å². The van der Waals surface area contributed by atoms with Crippen molar-refractivity contribution < 1.29 is 13.3 Å². The highest BCUT2D eigenvalue weighted by Gasteiger charge is 2.11. The Kier molecular flexibility index (Phi) is 3.17. The number of nitrogens with two attached hydrogens (primary N) is 1. The second kappa shape index (κ2) is 4.77. The third kappa shape index (κ3) is 2.49. The number of benzene rings is 1. The number of nitrogen functional groups attached to an aromatic ring is 1. The Morgan fingerprint density at radius 1 is 1.35 bits per heavy atom. The van der Waals surface area contributed by atoms with Gasteiger partial charge in [-0.25, -0.2) is 8.78 Å². The van der Waals surface area contributed by atoms with E-state index in [0.717, 1.165) is 6.07 Å². The molecule has 0 radical (unpaired) electrons. The first-order valence-electron chi connectivity index (χ1n) is 4.91. The summed E-state index contributed by atoms with van der Waals surface area (Å²) in [6.45, 7) is 0.312. The molecule has 0 aliphatic rings. The summed E-state index contributed by atoms with van der Waals surface area (Å²) in [5.74, 6) is -1.53. The molecule has 3 N–H and O–H groups in total. The zero-order valence-electron chi connectivity index (χ0n) is 8.78. The number of anilines is 2. The Hall–Kier alpha value is -2.18. The van der Waals surface area contributed by atoms with Crippen LogP contribution in [0.5, 0.6) is 0 Å². The van der Waals surface area contributed by atoms with E-state index in [2.05, 4.69) is 15.5 Å². The van der Waals surface area contributed by atoms with E-state index in [1.807, 2.05) is 0 Å². The van der Waals surface area contributed by atoms with Gasteiger partial charge in [-0.3, -0.25) is 0 Å². The Labute approximate surface area is 95.6 Å². The van der Waals surface area contributed by atoms with E-state index in [0.29, 0.717) is 18.9 Å². The van der Waals surface area contributed by atoms with E-state index in [1.54, 1.807) is 0 Å². The molecule has 0 aliphatic carbocycles. The van der Waals surface area contributed by atoms with Gasteiger partial charge in [-0.15, -0.1) is 0 Å². The van der Waals surface area contributed by atoms with Gasteiger partial charge >= 0.3 is 0 Å². The normalized spacial score (nSPS) is 10.5. The van der Waals surface area contributed by atoms with Gasteiger partial charge < -0.3 is 15.6 Å². The van der Waals surface area contributed by atoms with Crippen molar-refractivity contribution in [2.75, 3.05) is 17.6 Å². The van der Waals surface area contributed by atoms with Gasteiger partial charge in [0.15, 0.2) is 18.0 Å². The number of nitrogens with one attached hydrogen (secondary N) is 1. The molecular weight excluding hydrogens is 230 g/mol. The molecule has 0 aliphatic heterocycles. The smallest absolute Gasteiger partial charge is 0.228 e. The fourth-order valence-electron chi connectivity index (χ4n) is 1.35. The van der Waals surface area contributed by atoms with Crippen molar-refractivity contribution in [3.63, 3.8) is 0 Å². The summed E-state index contributed by atoms with van der Waals surface area (Å²) in [5, 5.41) is 6.12. The van der Waals surface area contributed by atoms with Crippen LogP contribution in [-0.2, 0) is 6.42 Å². The average molecular weight is 240 g/mol. The molecule has 2 aromatic rings. The number of nitrogens with zero attached hydrogens (tertiary/aromatic N) is 2. The lowest BCUT2D eigenvalue weighted by Gasteiger charge is -2.09. The van der Waals surface area contributed by atoms with Gasteiger partial charge in [0, 0.05) is 13.0 Å². The van der Waals surface area contributed by atoms with Crippen molar-refractivity contribution in [3.8, 4) is 0 Å². The molecule has 0 bridgehead atoms. The van der Waals surface area contributed by atoms with Crippen molar-refractivity contribution in [2.45, 2.75) is 6.42 Å². The summed E-state index contributed by atoms with van der Waals surface area (Å²) >= 11 is 0. The maximum Gasteiger partial charge on any atom is 0.228 e. The Bertz CT molecular complexity index is 501. The van der Waals surface area contributed by atoms with Gasteiger partial charge in [-0.05, 0) is 12.1 Å². The van der Waals surface area contributed by atoms with Crippen molar-refractivity contribution >= 4 is 11.4 Å². The van der Waals surface area contributed by atoms with Crippen LogP contribution < -0.4 is 11.1 Å². The minimum absolute atomic E-state index is 0.0514. The number of halogens is 2. The lowest BCUT2D eigenvalue weighted by atomic mass is 10.2. The second-order valence-electron chi connectivity index (χ2n) is 3.34. The monoisotopic (exact) mass is 240 g/mol. The molecule has 7 heteroatoms. The van der Waals surface area contributed by atoms with Gasteiger partial charge in [0.2, 0.25) is 5.89 Å². The van der Waals surface area contributed by atoms with Crippen LogP contribution in [0.1, 0.15) is 5.89 Å². The Morgan fingerprint density at radius 3 is 2.88 bits per heavy atom. The molecule has 0 unspecified atom stereocenters. The maximum absolute atomic E-state index is 13.4. The van der Waals surface area contributed by atoms with Crippen LogP contribution in [0.25, 0.3) is 0 Å². The quantitative estimate of drug-likeness (QED) is 0.793. The molecule has 0 saturated carbocycles. The molecule has 1 aromatic carbocycles. The number of aromatic nitrogens is 2. The molecule has 2 rings (SSSR count). The van der Waals surface area contributed by atoms with Gasteiger partial charge in [-0.1, -0.05) is 5.16 Å². The van der Waals surface area contributed by atoms with Crippen LogP contribution in [0.15, 0.2) is 23.0 Å². The minimum Gasteiger partial charge on any atom is -0.397 e. The van der Waals surface area contributed by atoms with E-state index < -0.39 is 11.6 Å². The predicted octanol–water partition coefficient (Wildman–Crippen LogP) is 1.58. The highest BCUT2D eigenvalue weighted by Crippen LogP contribution is 2.24. The fraction of sp³-hybridized carbons (Fsp3) is 0.200. The molecule has 0 saturated heterocycles. The summed E-state index contributed by atoms with van der Waals surface area (Å²) in [6, 6.07) is 2.28. The van der Waals surface area contributed by atoms with Crippen LogP contribution in [0.3, 0.4) is 0 Å². The van der Waals surface area contributed by atoms with Crippen LogP contribution in [0.4, 0.5) is 20.2 Å². The second-order valence-corrected chi connectivity index (χ2v) is 3.34. The van der Waals surface area contributed by atoms with Crippen LogP contribution in [0, 0.1) is 11.6 Å². The number of hydrogen-bond acceptors (Lipinski definition) is 5. The first kappa shape index (κ1) is 11.3. The number of hydrogen-bond donors (Lipinski definition) is 2. The molecule has 0 spiro atoms. The standard InChI is InChI=1S/C10H10F2N4O/c11-6-1-2-7(13)10(9(6)12)14-4-3-8-15-5-16-17-8/h1-2,5,14H,3-4,13H2. The summed E-state index contributed by atoms with van der Waals surface area (Å²) in [5.41, 5.74) is 5.63. The van der Waals surface area contributed by atoms with Gasteiger partial charge in [0.05, 0.1) is 11.4 Å². The predicted molar refractivity (Wildman–Crippen MR) is 57.3 cm³/mol. The molecule has 0 amide bonds. The fourth-order valence-corrected chi connectivity index (χ4v) is 1.35. The zero-order chi connectivity index (χ0) is 12.3. The Balaban J connectivity index is 2.01. The first-order valence-corrected chi connectivity index (χ1v) is 4.91. The SMILES string of the molecule is Nc1ccc(F)c(F)c1NCCc1ncno1. The highest BCUT2D eigenvalue weighted by atomic mass is 19.2.